The first kappa shape index (κ1) is 18.9. The highest BCUT2D eigenvalue weighted by Crippen LogP contribution is 2.32. The zero-order valence-corrected chi connectivity index (χ0v) is 15.9. The molecule has 2 rings (SSSR count). The van der Waals surface area contributed by atoms with Crippen LogP contribution in [0.4, 0.5) is 0 Å². The van der Waals surface area contributed by atoms with Crippen LogP contribution in [-0.2, 0) is 0 Å². The van der Waals surface area contributed by atoms with Gasteiger partial charge < -0.3 is 9.47 Å². The second-order valence-electron chi connectivity index (χ2n) is 5.93. The maximum Gasteiger partial charge on any atom is 0.119 e. The van der Waals surface area contributed by atoms with E-state index in [1.54, 1.807) is 0 Å². The van der Waals surface area contributed by atoms with E-state index < -0.39 is 0 Å². The first-order valence-corrected chi connectivity index (χ1v) is 8.91. The van der Waals surface area contributed by atoms with Crippen LogP contribution in [0.25, 0.3) is 5.57 Å². The van der Waals surface area contributed by atoms with Gasteiger partial charge in [-0.15, -0.1) is 0 Å². The summed E-state index contributed by atoms with van der Waals surface area (Å²) >= 11 is 0. The molecule has 0 fully saturated rings. The Kier molecular flexibility index (Phi) is 6.88. The molecule has 0 spiro atoms. The van der Waals surface area contributed by atoms with Gasteiger partial charge in [-0.1, -0.05) is 30.4 Å². The molecule has 25 heavy (non-hydrogen) atoms. The Balaban J connectivity index is 2.51. The molecule has 0 radical (unpaired) electrons. The Morgan fingerprint density at radius 1 is 0.840 bits per heavy atom. The summed E-state index contributed by atoms with van der Waals surface area (Å²) in [6.07, 6.45) is 6.31. The number of allylic oxidation sites excluding steroid dienone is 3. The Morgan fingerprint density at radius 3 is 1.68 bits per heavy atom. The molecule has 0 saturated carbocycles. The first-order valence-electron chi connectivity index (χ1n) is 8.91. The van der Waals surface area contributed by atoms with Crippen molar-refractivity contribution < 1.29 is 9.47 Å². The van der Waals surface area contributed by atoms with Crippen LogP contribution in [0.15, 0.2) is 54.6 Å². The monoisotopic (exact) mass is 336 g/mol. The molecule has 0 atom stereocenters. The quantitative estimate of drug-likeness (QED) is 0.568. The molecule has 0 unspecified atom stereocenters. The Morgan fingerprint density at radius 2 is 1.32 bits per heavy atom. The minimum Gasteiger partial charge on any atom is -0.494 e. The Labute approximate surface area is 151 Å². The van der Waals surface area contributed by atoms with Gasteiger partial charge in [0, 0.05) is 0 Å². The van der Waals surface area contributed by atoms with Gasteiger partial charge in [-0.3, -0.25) is 0 Å². The predicted molar refractivity (Wildman–Crippen MR) is 107 cm³/mol. The van der Waals surface area contributed by atoms with Gasteiger partial charge in [0.1, 0.15) is 11.5 Å². The van der Waals surface area contributed by atoms with E-state index >= 15 is 0 Å². The molecular formula is C23H28O2. The number of aryl methyl sites for hydroxylation is 2. The van der Waals surface area contributed by atoms with Crippen LogP contribution in [-0.4, -0.2) is 13.2 Å². The molecule has 0 amide bonds. The lowest BCUT2D eigenvalue weighted by Crippen LogP contribution is -1.98. The second-order valence-corrected chi connectivity index (χ2v) is 5.93. The molecule has 2 aromatic carbocycles. The standard InChI is InChI=1S/C23H28O2/c1-6-9-10-23(21-13-11-19(24-7-2)15-17(21)4)22-14-12-20(25-8-3)16-18(22)5/h6,9-16H,7-8H2,1-5H3/b9-6+. The molecule has 0 saturated heterocycles. The molecule has 0 aromatic heterocycles. The Bertz CT molecular complexity index is 712. The van der Waals surface area contributed by atoms with Crippen molar-refractivity contribution in [2.24, 2.45) is 0 Å². The summed E-state index contributed by atoms with van der Waals surface area (Å²) < 4.78 is 11.2. The molecule has 0 aliphatic rings. The summed E-state index contributed by atoms with van der Waals surface area (Å²) in [5, 5.41) is 0. The first-order chi connectivity index (χ1) is 12.1. The van der Waals surface area contributed by atoms with Gasteiger partial charge in [0.2, 0.25) is 0 Å². The lowest BCUT2D eigenvalue weighted by atomic mass is 9.91. The van der Waals surface area contributed by atoms with Crippen LogP contribution in [0.1, 0.15) is 43.0 Å². The summed E-state index contributed by atoms with van der Waals surface area (Å²) in [7, 11) is 0. The predicted octanol–water partition coefficient (Wildman–Crippen LogP) is 6.11. The van der Waals surface area contributed by atoms with E-state index in [0.717, 1.165) is 11.5 Å². The zero-order chi connectivity index (χ0) is 18.2. The zero-order valence-electron chi connectivity index (χ0n) is 15.9. The smallest absolute Gasteiger partial charge is 0.119 e. The van der Waals surface area contributed by atoms with Gasteiger partial charge in [0.05, 0.1) is 13.2 Å². The minimum absolute atomic E-state index is 0.679. The third-order valence-electron chi connectivity index (χ3n) is 4.05. The fraction of sp³-hybridized carbons (Fsp3) is 0.304. The van der Waals surface area contributed by atoms with Crippen molar-refractivity contribution >= 4 is 5.57 Å². The number of benzene rings is 2. The average Bonchev–Trinajstić information content (AvgIpc) is 2.58. The maximum absolute atomic E-state index is 5.62. The molecule has 0 bridgehead atoms. The van der Waals surface area contributed by atoms with Crippen LogP contribution >= 0.6 is 0 Å². The summed E-state index contributed by atoms with van der Waals surface area (Å²) in [4.78, 5) is 0. The van der Waals surface area contributed by atoms with Gasteiger partial charge in [0.15, 0.2) is 0 Å². The van der Waals surface area contributed by atoms with E-state index in [0.29, 0.717) is 13.2 Å². The molecule has 0 N–H and O–H groups in total. The fourth-order valence-corrected chi connectivity index (χ4v) is 2.91. The van der Waals surface area contributed by atoms with Crippen molar-refractivity contribution in [3.63, 3.8) is 0 Å². The highest BCUT2D eigenvalue weighted by molar-refractivity contribution is 5.84. The van der Waals surface area contributed by atoms with E-state index in [2.05, 4.69) is 50.3 Å². The summed E-state index contributed by atoms with van der Waals surface area (Å²) in [6, 6.07) is 12.6. The largest absolute Gasteiger partial charge is 0.494 e. The van der Waals surface area contributed by atoms with E-state index in [1.807, 2.05) is 39.0 Å². The molecule has 2 heteroatoms. The molecule has 0 heterocycles. The van der Waals surface area contributed by atoms with E-state index in [-0.39, 0.29) is 0 Å². The molecule has 132 valence electrons. The normalized spacial score (nSPS) is 10.8. The van der Waals surface area contributed by atoms with E-state index in [9.17, 15) is 0 Å². The number of ether oxygens (including phenoxy) is 2. The third-order valence-corrected chi connectivity index (χ3v) is 4.05. The maximum atomic E-state index is 5.62. The van der Waals surface area contributed by atoms with Crippen molar-refractivity contribution in [2.45, 2.75) is 34.6 Å². The highest BCUT2D eigenvalue weighted by atomic mass is 16.5. The van der Waals surface area contributed by atoms with Crippen molar-refractivity contribution in [1.82, 2.24) is 0 Å². The molecule has 2 nitrogen and oxygen atoms in total. The average molecular weight is 336 g/mol. The van der Waals surface area contributed by atoms with Crippen molar-refractivity contribution in [2.75, 3.05) is 13.2 Å². The van der Waals surface area contributed by atoms with Crippen molar-refractivity contribution in [3.8, 4) is 11.5 Å². The summed E-state index contributed by atoms with van der Waals surface area (Å²) in [6.45, 7) is 11.7. The lowest BCUT2D eigenvalue weighted by Gasteiger charge is -2.16. The molecule has 0 aliphatic heterocycles. The van der Waals surface area contributed by atoms with Gasteiger partial charge in [-0.05, 0) is 86.7 Å². The SMILES string of the molecule is C/C=C/C=C(c1ccc(OCC)cc1C)c1ccc(OCC)cc1C. The third kappa shape index (κ3) is 4.76. The van der Waals surface area contributed by atoms with E-state index in [1.165, 1.54) is 27.8 Å². The van der Waals surface area contributed by atoms with Crippen molar-refractivity contribution in [1.29, 1.82) is 0 Å². The van der Waals surface area contributed by atoms with Crippen LogP contribution in [0.3, 0.4) is 0 Å². The topological polar surface area (TPSA) is 18.5 Å². The molecular weight excluding hydrogens is 308 g/mol. The van der Waals surface area contributed by atoms with Crippen LogP contribution < -0.4 is 9.47 Å². The fourth-order valence-electron chi connectivity index (χ4n) is 2.91. The minimum atomic E-state index is 0.679. The van der Waals surface area contributed by atoms with Gasteiger partial charge in [-0.2, -0.15) is 0 Å². The summed E-state index contributed by atoms with van der Waals surface area (Å²) in [5.41, 5.74) is 6.05. The number of rotatable bonds is 7. The van der Waals surface area contributed by atoms with Crippen LogP contribution in [0.5, 0.6) is 11.5 Å². The van der Waals surface area contributed by atoms with Gasteiger partial charge >= 0.3 is 0 Å². The Hall–Kier alpha value is -2.48. The van der Waals surface area contributed by atoms with E-state index in [4.69, 9.17) is 9.47 Å². The van der Waals surface area contributed by atoms with Gasteiger partial charge in [0.25, 0.3) is 0 Å². The molecule has 0 aliphatic carbocycles. The second kappa shape index (κ2) is 9.12. The highest BCUT2D eigenvalue weighted by Gasteiger charge is 2.11. The molecule has 2 aromatic rings. The summed E-state index contributed by atoms with van der Waals surface area (Å²) in [5.74, 6) is 1.83. The van der Waals surface area contributed by atoms with Crippen LogP contribution in [0, 0.1) is 13.8 Å². The number of hydrogen-bond acceptors (Lipinski definition) is 2. The number of hydrogen-bond donors (Lipinski definition) is 0. The van der Waals surface area contributed by atoms with Gasteiger partial charge in [-0.25, -0.2) is 0 Å². The van der Waals surface area contributed by atoms with Crippen molar-refractivity contribution in [3.05, 3.63) is 76.9 Å². The van der Waals surface area contributed by atoms with Crippen LogP contribution in [0.2, 0.25) is 0 Å². The lowest BCUT2D eigenvalue weighted by molar-refractivity contribution is 0.340.